The van der Waals surface area contributed by atoms with Crippen LogP contribution in [0.2, 0.25) is 0 Å². The Labute approximate surface area is 131 Å². The summed E-state index contributed by atoms with van der Waals surface area (Å²) in [5.74, 6) is -1.49. The maximum atomic E-state index is 12.4. The number of nitrogens with one attached hydrogen (secondary N) is 1. The Bertz CT molecular complexity index is 648. The van der Waals surface area contributed by atoms with Gasteiger partial charge in [0.15, 0.2) is 0 Å². The molecule has 2 heterocycles. The van der Waals surface area contributed by atoms with Gasteiger partial charge < -0.3 is 15.2 Å². The number of aliphatic carboxylic acids is 1. The lowest BCUT2D eigenvalue weighted by Crippen LogP contribution is -2.40. The van der Waals surface area contributed by atoms with Gasteiger partial charge in [0.25, 0.3) is 5.91 Å². The molecule has 2 rings (SSSR count). The van der Waals surface area contributed by atoms with Crippen molar-refractivity contribution in [2.75, 3.05) is 32.8 Å². The van der Waals surface area contributed by atoms with Gasteiger partial charge in [-0.3, -0.25) is 9.59 Å². The zero-order chi connectivity index (χ0) is 16.2. The van der Waals surface area contributed by atoms with Crippen molar-refractivity contribution in [3.05, 3.63) is 16.3 Å². The van der Waals surface area contributed by atoms with Crippen molar-refractivity contribution in [3.63, 3.8) is 0 Å². The summed E-state index contributed by atoms with van der Waals surface area (Å²) in [7, 11) is -3.62. The summed E-state index contributed by atoms with van der Waals surface area (Å²) in [5, 5.41) is 12.4. The average molecular weight is 348 g/mol. The number of rotatable bonds is 6. The molecule has 0 radical (unpaired) electrons. The van der Waals surface area contributed by atoms with Crippen LogP contribution in [0, 0.1) is 0 Å². The lowest BCUT2D eigenvalue weighted by Gasteiger charge is -2.25. The first-order chi connectivity index (χ1) is 10.4. The van der Waals surface area contributed by atoms with Crippen molar-refractivity contribution in [2.24, 2.45) is 0 Å². The van der Waals surface area contributed by atoms with Crippen LogP contribution in [0.25, 0.3) is 0 Å². The summed E-state index contributed by atoms with van der Waals surface area (Å²) in [5.41, 5.74) is 0. The van der Waals surface area contributed by atoms with E-state index in [9.17, 15) is 18.0 Å². The van der Waals surface area contributed by atoms with Crippen molar-refractivity contribution in [1.29, 1.82) is 0 Å². The van der Waals surface area contributed by atoms with Crippen molar-refractivity contribution in [1.82, 2.24) is 9.62 Å². The lowest BCUT2D eigenvalue weighted by molar-refractivity contribution is -0.136. The predicted molar refractivity (Wildman–Crippen MR) is 78.5 cm³/mol. The quantitative estimate of drug-likeness (QED) is 0.747. The number of hydrogen-bond acceptors (Lipinski definition) is 6. The van der Waals surface area contributed by atoms with Gasteiger partial charge in [-0.15, -0.1) is 11.3 Å². The van der Waals surface area contributed by atoms with Gasteiger partial charge in [0, 0.05) is 25.0 Å². The highest BCUT2D eigenvalue weighted by atomic mass is 32.2. The fourth-order valence-electron chi connectivity index (χ4n) is 1.88. The Balaban J connectivity index is 2.03. The first-order valence-corrected chi connectivity index (χ1v) is 8.89. The van der Waals surface area contributed by atoms with E-state index in [4.69, 9.17) is 9.84 Å². The van der Waals surface area contributed by atoms with Crippen molar-refractivity contribution >= 4 is 33.2 Å². The number of hydrogen-bond donors (Lipinski definition) is 2. The van der Waals surface area contributed by atoms with Gasteiger partial charge >= 0.3 is 5.97 Å². The number of carbonyl (C=O) groups is 2. The zero-order valence-electron chi connectivity index (χ0n) is 11.6. The molecule has 1 saturated heterocycles. The highest BCUT2D eigenvalue weighted by Crippen LogP contribution is 2.23. The molecule has 122 valence electrons. The van der Waals surface area contributed by atoms with E-state index in [1.54, 1.807) is 0 Å². The second-order valence-electron chi connectivity index (χ2n) is 4.56. The van der Waals surface area contributed by atoms with E-state index in [2.05, 4.69) is 5.32 Å². The van der Waals surface area contributed by atoms with Crippen LogP contribution in [0.1, 0.15) is 16.1 Å². The molecular weight excluding hydrogens is 332 g/mol. The third kappa shape index (κ3) is 4.03. The van der Waals surface area contributed by atoms with E-state index in [0.717, 1.165) is 11.3 Å². The van der Waals surface area contributed by atoms with Gasteiger partial charge in [-0.25, -0.2) is 8.42 Å². The fourth-order valence-corrected chi connectivity index (χ4v) is 4.46. The molecule has 8 nitrogen and oxygen atoms in total. The van der Waals surface area contributed by atoms with E-state index >= 15 is 0 Å². The number of sulfonamides is 1. The van der Waals surface area contributed by atoms with Gasteiger partial charge in [0.2, 0.25) is 10.0 Å². The Morgan fingerprint density at radius 3 is 2.68 bits per heavy atom. The molecule has 1 aliphatic heterocycles. The molecule has 0 spiro atoms. The average Bonchev–Trinajstić information content (AvgIpc) is 2.98. The first kappa shape index (κ1) is 16.9. The number of carboxylic acids is 1. The van der Waals surface area contributed by atoms with Crippen molar-refractivity contribution in [2.45, 2.75) is 11.3 Å². The minimum atomic E-state index is -3.62. The monoisotopic (exact) mass is 348 g/mol. The normalized spacial score (nSPS) is 16.4. The Morgan fingerprint density at radius 2 is 2.05 bits per heavy atom. The molecule has 0 saturated carbocycles. The number of thiophene rings is 1. The van der Waals surface area contributed by atoms with E-state index in [1.807, 2.05) is 0 Å². The summed E-state index contributed by atoms with van der Waals surface area (Å²) in [6, 6.07) is 1.31. The second-order valence-corrected chi connectivity index (χ2v) is 7.41. The summed E-state index contributed by atoms with van der Waals surface area (Å²) >= 11 is 1.01. The molecule has 10 heteroatoms. The molecule has 2 N–H and O–H groups in total. The third-order valence-electron chi connectivity index (χ3n) is 3.03. The molecule has 22 heavy (non-hydrogen) atoms. The predicted octanol–water partition coefficient (Wildman–Crippen LogP) is -0.0265. The maximum absolute atomic E-state index is 12.4. The van der Waals surface area contributed by atoms with Crippen LogP contribution in [0.3, 0.4) is 0 Å². The Morgan fingerprint density at radius 1 is 1.36 bits per heavy atom. The van der Waals surface area contributed by atoms with Gasteiger partial charge in [0.1, 0.15) is 0 Å². The van der Waals surface area contributed by atoms with Crippen LogP contribution >= 0.6 is 11.3 Å². The number of carboxylic acid groups (broad SMARTS) is 1. The van der Waals surface area contributed by atoms with Gasteiger partial charge in [-0.05, 0) is 6.07 Å². The molecular formula is C12H16N2O6S2. The molecule has 1 aromatic heterocycles. The summed E-state index contributed by atoms with van der Waals surface area (Å²) in [6.07, 6.45) is -0.184. The fraction of sp³-hybridized carbons (Fsp3) is 0.500. The molecule has 1 amide bonds. The zero-order valence-corrected chi connectivity index (χ0v) is 13.3. The summed E-state index contributed by atoms with van der Waals surface area (Å²) in [4.78, 5) is 22.5. The van der Waals surface area contributed by atoms with E-state index in [-0.39, 0.29) is 22.7 Å². The molecule has 1 aromatic rings. The smallest absolute Gasteiger partial charge is 0.305 e. The third-order valence-corrected chi connectivity index (χ3v) is 5.99. The van der Waals surface area contributed by atoms with Crippen LogP contribution in [0.15, 0.2) is 16.3 Å². The van der Waals surface area contributed by atoms with Gasteiger partial charge in [-0.2, -0.15) is 4.31 Å². The topological polar surface area (TPSA) is 113 Å². The number of amides is 1. The van der Waals surface area contributed by atoms with Gasteiger partial charge in [-0.1, -0.05) is 0 Å². The number of morpholine rings is 1. The van der Waals surface area contributed by atoms with E-state index < -0.39 is 21.9 Å². The van der Waals surface area contributed by atoms with Crippen LogP contribution in [-0.4, -0.2) is 62.6 Å². The standard InChI is InChI=1S/C12H16N2O6S2/c15-11(16)1-2-13-12(17)10-7-9(8-21-10)22(18,19)14-3-5-20-6-4-14/h7-8H,1-6H2,(H,13,17)(H,15,16). The summed E-state index contributed by atoms with van der Waals surface area (Å²) in [6.45, 7) is 1.28. The molecule has 0 bridgehead atoms. The molecule has 0 aromatic carbocycles. The van der Waals surface area contributed by atoms with Crippen LogP contribution < -0.4 is 5.32 Å². The van der Waals surface area contributed by atoms with Gasteiger partial charge in [0.05, 0.1) is 29.4 Å². The van der Waals surface area contributed by atoms with Crippen LogP contribution in [0.5, 0.6) is 0 Å². The van der Waals surface area contributed by atoms with Crippen LogP contribution in [0.4, 0.5) is 0 Å². The van der Waals surface area contributed by atoms with E-state index in [0.29, 0.717) is 26.3 Å². The minimum absolute atomic E-state index is 0.00237. The number of nitrogens with zero attached hydrogens (tertiary/aromatic N) is 1. The van der Waals surface area contributed by atoms with Crippen LogP contribution in [-0.2, 0) is 19.6 Å². The lowest BCUT2D eigenvalue weighted by atomic mass is 10.4. The highest BCUT2D eigenvalue weighted by molar-refractivity contribution is 7.89. The van der Waals surface area contributed by atoms with E-state index in [1.165, 1.54) is 15.8 Å². The Kier molecular flexibility index (Phi) is 5.51. The SMILES string of the molecule is O=C(O)CCNC(=O)c1cc(S(=O)(=O)N2CCOCC2)cs1. The summed E-state index contributed by atoms with van der Waals surface area (Å²) < 4.78 is 31.2. The first-order valence-electron chi connectivity index (χ1n) is 6.57. The molecule has 0 aliphatic carbocycles. The minimum Gasteiger partial charge on any atom is -0.481 e. The van der Waals surface area contributed by atoms with Crippen molar-refractivity contribution in [3.8, 4) is 0 Å². The molecule has 1 fully saturated rings. The number of carbonyl (C=O) groups excluding carboxylic acids is 1. The van der Waals surface area contributed by atoms with Crippen molar-refractivity contribution < 1.29 is 27.9 Å². The highest BCUT2D eigenvalue weighted by Gasteiger charge is 2.27. The molecule has 1 aliphatic rings. The molecule has 0 unspecified atom stereocenters. The second kappa shape index (κ2) is 7.18. The molecule has 0 atom stereocenters. The number of ether oxygens (including phenoxy) is 1. The maximum Gasteiger partial charge on any atom is 0.305 e. The Hall–Kier alpha value is -1.49. The largest absolute Gasteiger partial charge is 0.481 e.